The largest absolute Gasteiger partial charge is 0.350 e. The summed E-state index contributed by atoms with van der Waals surface area (Å²) >= 11 is 0. The van der Waals surface area contributed by atoms with Crippen molar-refractivity contribution in [3.05, 3.63) is 35.6 Å². The molecule has 0 aromatic heterocycles. The van der Waals surface area contributed by atoms with E-state index in [-0.39, 0.29) is 29.1 Å². The van der Waals surface area contributed by atoms with Gasteiger partial charge in [-0.1, -0.05) is 12.1 Å². The topological polar surface area (TPSA) is 49.4 Å². The summed E-state index contributed by atoms with van der Waals surface area (Å²) in [6.45, 7) is 1.07. The Morgan fingerprint density at radius 3 is 2.25 bits per heavy atom. The fourth-order valence-electron chi connectivity index (χ4n) is 6.87. The number of nitrogens with zero attached hydrogens (tertiary/aromatic N) is 1. The van der Waals surface area contributed by atoms with Gasteiger partial charge in [0, 0.05) is 13.1 Å². The van der Waals surface area contributed by atoms with Crippen molar-refractivity contribution in [3.8, 4) is 0 Å². The summed E-state index contributed by atoms with van der Waals surface area (Å²) in [5.74, 6) is 2.08. The monoisotopic (exact) mass is 384 g/mol. The molecule has 1 saturated heterocycles. The van der Waals surface area contributed by atoms with Gasteiger partial charge in [-0.25, -0.2) is 4.39 Å². The number of amides is 2. The Labute approximate surface area is 165 Å². The first kappa shape index (κ1) is 18.1. The minimum atomic E-state index is -0.346. The maximum atomic E-state index is 13.6. The van der Waals surface area contributed by atoms with E-state index in [0.29, 0.717) is 13.1 Å². The molecule has 5 aliphatic rings. The van der Waals surface area contributed by atoms with Gasteiger partial charge in [-0.15, -0.1) is 0 Å². The van der Waals surface area contributed by atoms with Gasteiger partial charge in [0.1, 0.15) is 11.9 Å². The number of hydrogen-bond donors (Lipinski definition) is 1. The second-order valence-corrected chi connectivity index (χ2v) is 9.70. The highest BCUT2D eigenvalue weighted by Gasteiger charge is 2.56. The Morgan fingerprint density at radius 2 is 1.64 bits per heavy atom. The van der Waals surface area contributed by atoms with E-state index in [9.17, 15) is 14.0 Å². The van der Waals surface area contributed by atoms with Crippen molar-refractivity contribution in [1.82, 2.24) is 10.2 Å². The maximum Gasteiger partial charge on any atom is 0.243 e. The molecule has 6 rings (SSSR count). The van der Waals surface area contributed by atoms with Crippen LogP contribution < -0.4 is 5.32 Å². The van der Waals surface area contributed by atoms with Gasteiger partial charge in [0.25, 0.3) is 0 Å². The summed E-state index contributed by atoms with van der Waals surface area (Å²) in [6, 6.07) is 5.83. The summed E-state index contributed by atoms with van der Waals surface area (Å²) in [5.41, 5.74) is 0.681. The van der Waals surface area contributed by atoms with Crippen LogP contribution in [-0.4, -0.2) is 29.3 Å². The summed E-state index contributed by atoms with van der Waals surface area (Å²) in [7, 11) is 0. The molecule has 4 saturated carbocycles. The molecule has 2 amide bonds. The third kappa shape index (κ3) is 3.13. The first-order valence-corrected chi connectivity index (χ1v) is 10.9. The Hall–Kier alpha value is -1.91. The molecule has 4 bridgehead atoms. The van der Waals surface area contributed by atoms with Crippen LogP contribution >= 0.6 is 0 Å². The molecule has 1 aromatic carbocycles. The standard InChI is InChI=1S/C23H29FN2O2/c24-19-5-3-15(4-6-19)14-25-21(27)20-2-1-7-26(20)22(28)23-11-16-8-17(12-23)10-18(9-16)13-23/h3-6,16-18,20H,1-2,7-14H2,(H,25,27)/t16?,17?,18?,20-,23?/m0/s1. The Bertz CT molecular complexity index is 740. The van der Waals surface area contributed by atoms with E-state index >= 15 is 0 Å². The normalized spacial score (nSPS) is 36.0. The van der Waals surface area contributed by atoms with E-state index in [0.717, 1.165) is 55.4 Å². The number of hydrogen-bond acceptors (Lipinski definition) is 2. The number of benzene rings is 1. The molecule has 5 heteroatoms. The van der Waals surface area contributed by atoms with Crippen LogP contribution in [0.2, 0.25) is 0 Å². The molecule has 1 heterocycles. The molecule has 28 heavy (non-hydrogen) atoms. The lowest BCUT2D eigenvalue weighted by Crippen LogP contribution is -2.57. The molecule has 1 aliphatic heterocycles. The second-order valence-electron chi connectivity index (χ2n) is 9.70. The molecule has 0 unspecified atom stereocenters. The number of halogens is 1. The minimum Gasteiger partial charge on any atom is -0.350 e. The van der Waals surface area contributed by atoms with Gasteiger partial charge in [0.2, 0.25) is 11.8 Å². The summed E-state index contributed by atoms with van der Waals surface area (Å²) in [4.78, 5) is 28.4. The van der Waals surface area contributed by atoms with Crippen LogP contribution in [0.5, 0.6) is 0 Å². The molecular formula is C23H29FN2O2. The highest BCUT2D eigenvalue weighted by atomic mass is 19.1. The third-order valence-electron chi connectivity index (χ3n) is 7.69. The van der Waals surface area contributed by atoms with Gasteiger partial charge in [-0.05, 0) is 86.8 Å². The van der Waals surface area contributed by atoms with Crippen LogP contribution in [0.4, 0.5) is 4.39 Å². The van der Waals surface area contributed by atoms with Gasteiger partial charge in [-0.3, -0.25) is 9.59 Å². The average molecular weight is 384 g/mol. The fourth-order valence-corrected chi connectivity index (χ4v) is 6.87. The number of nitrogens with one attached hydrogen (secondary N) is 1. The highest BCUT2D eigenvalue weighted by molar-refractivity contribution is 5.91. The lowest BCUT2D eigenvalue weighted by Gasteiger charge is -2.56. The molecule has 150 valence electrons. The van der Waals surface area contributed by atoms with Crippen LogP contribution in [0.3, 0.4) is 0 Å². The van der Waals surface area contributed by atoms with Crippen molar-refractivity contribution < 1.29 is 14.0 Å². The first-order valence-electron chi connectivity index (χ1n) is 10.9. The molecular weight excluding hydrogens is 355 g/mol. The van der Waals surface area contributed by atoms with Crippen molar-refractivity contribution in [2.45, 2.75) is 64.0 Å². The van der Waals surface area contributed by atoms with Crippen LogP contribution in [0, 0.1) is 29.0 Å². The smallest absolute Gasteiger partial charge is 0.243 e. The summed E-state index contributed by atoms with van der Waals surface area (Å²) in [5, 5.41) is 2.96. The SMILES string of the molecule is O=C(NCc1ccc(F)cc1)[C@@H]1CCCN1C(=O)C12CC3CC(CC(C3)C1)C2. The number of rotatable bonds is 4. The van der Waals surface area contributed by atoms with E-state index < -0.39 is 0 Å². The van der Waals surface area contributed by atoms with E-state index in [1.54, 1.807) is 12.1 Å². The first-order chi connectivity index (χ1) is 13.5. The van der Waals surface area contributed by atoms with Gasteiger partial charge in [0.05, 0.1) is 5.41 Å². The van der Waals surface area contributed by atoms with Crippen LogP contribution in [0.25, 0.3) is 0 Å². The van der Waals surface area contributed by atoms with Gasteiger partial charge in [-0.2, -0.15) is 0 Å². The molecule has 1 N–H and O–H groups in total. The Kier molecular flexibility index (Phi) is 4.44. The highest BCUT2D eigenvalue weighted by Crippen LogP contribution is 2.60. The Balaban J connectivity index is 1.26. The molecule has 1 atom stereocenters. The maximum absolute atomic E-state index is 13.6. The number of likely N-dealkylation sites (tertiary alicyclic amines) is 1. The number of carbonyl (C=O) groups excluding carboxylic acids is 2. The van der Waals surface area contributed by atoms with Crippen molar-refractivity contribution >= 4 is 11.8 Å². The fraction of sp³-hybridized carbons (Fsp3) is 0.652. The van der Waals surface area contributed by atoms with Crippen molar-refractivity contribution in [3.63, 3.8) is 0 Å². The predicted molar refractivity (Wildman–Crippen MR) is 104 cm³/mol. The van der Waals surface area contributed by atoms with E-state index in [1.807, 2.05) is 4.90 Å². The van der Waals surface area contributed by atoms with Gasteiger partial charge >= 0.3 is 0 Å². The van der Waals surface area contributed by atoms with Crippen LogP contribution in [0.1, 0.15) is 56.9 Å². The van der Waals surface area contributed by atoms with Crippen molar-refractivity contribution in [2.75, 3.05) is 6.54 Å². The summed E-state index contributed by atoms with van der Waals surface area (Å²) < 4.78 is 13.0. The third-order valence-corrected chi connectivity index (χ3v) is 7.69. The lowest BCUT2D eigenvalue weighted by molar-refractivity contribution is -0.160. The molecule has 4 aliphatic carbocycles. The molecule has 0 spiro atoms. The van der Waals surface area contributed by atoms with Gasteiger partial charge in [0.15, 0.2) is 0 Å². The average Bonchev–Trinajstić information content (AvgIpc) is 3.15. The zero-order chi connectivity index (χ0) is 19.3. The van der Waals surface area contributed by atoms with Crippen molar-refractivity contribution in [2.24, 2.45) is 23.2 Å². The lowest BCUT2D eigenvalue weighted by atomic mass is 9.49. The van der Waals surface area contributed by atoms with Gasteiger partial charge < -0.3 is 10.2 Å². The molecule has 1 aromatic rings. The Morgan fingerprint density at radius 1 is 1.04 bits per heavy atom. The molecule has 4 nitrogen and oxygen atoms in total. The van der Waals surface area contributed by atoms with E-state index in [2.05, 4.69) is 5.32 Å². The van der Waals surface area contributed by atoms with E-state index in [4.69, 9.17) is 0 Å². The number of carbonyl (C=O) groups is 2. The zero-order valence-corrected chi connectivity index (χ0v) is 16.3. The molecule has 5 fully saturated rings. The van der Waals surface area contributed by atoms with Crippen LogP contribution in [0.15, 0.2) is 24.3 Å². The predicted octanol–water partition coefficient (Wildman–Crippen LogP) is 3.65. The molecule has 0 radical (unpaired) electrons. The van der Waals surface area contributed by atoms with Crippen molar-refractivity contribution in [1.29, 1.82) is 0 Å². The quantitative estimate of drug-likeness (QED) is 0.861. The summed E-state index contributed by atoms with van der Waals surface area (Å²) in [6.07, 6.45) is 8.70. The zero-order valence-electron chi connectivity index (χ0n) is 16.3. The minimum absolute atomic E-state index is 0.0695. The second kappa shape index (κ2) is 6.85. The van der Waals surface area contributed by atoms with E-state index in [1.165, 1.54) is 31.4 Å². The van der Waals surface area contributed by atoms with Crippen LogP contribution in [-0.2, 0) is 16.1 Å².